The van der Waals surface area contributed by atoms with Crippen LogP contribution in [-0.2, 0) is 14.3 Å². The predicted octanol–water partition coefficient (Wildman–Crippen LogP) is 2.78. The molecule has 0 aliphatic heterocycles. The second-order valence-corrected chi connectivity index (χ2v) is 5.02. The van der Waals surface area contributed by atoms with Gasteiger partial charge in [-0.2, -0.15) is 0 Å². The van der Waals surface area contributed by atoms with E-state index in [2.05, 4.69) is 25.5 Å². The van der Waals surface area contributed by atoms with Crippen LogP contribution in [-0.4, -0.2) is 26.3 Å². The Labute approximate surface area is 93.1 Å². The summed E-state index contributed by atoms with van der Waals surface area (Å²) in [5, 5.41) is 0. The lowest BCUT2D eigenvalue weighted by atomic mass is 9.89. The maximum Gasteiger partial charge on any atom is 0.332 e. The van der Waals surface area contributed by atoms with Gasteiger partial charge in [-0.1, -0.05) is 33.6 Å². The Hall–Kier alpha value is -0.570. The van der Waals surface area contributed by atoms with E-state index in [-0.39, 0.29) is 12.6 Å². The summed E-state index contributed by atoms with van der Waals surface area (Å²) in [5.41, 5.74) is 0.409. The van der Waals surface area contributed by atoms with Crippen LogP contribution < -0.4 is 0 Å². The number of unbranched alkanes of at least 4 members (excludes halogenated alkanes) is 2. The molecule has 0 unspecified atom stereocenters. The maximum absolute atomic E-state index is 10.9. The van der Waals surface area contributed by atoms with E-state index in [0.717, 1.165) is 12.8 Å². The van der Waals surface area contributed by atoms with Gasteiger partial charge in [-0.05, 0) is 18.3 Å². The van der Waals surface area contributed by atoms with Crippen molar-refractivity contribution in [2.45, 2.75) is 46.5 Å². The molecule has 0 atom stereocenters. The maximum atomic E-state index is 10.9. The lowest BCUT2D eigenvalue weighted by Gasteiger charge is -2.17. The predicted molar refractivity (Wildman–Crippen MR) is 60.8 cm³/mol. The molecule has 0 saturated carbocycles. The van der Waals surface area contributed by atoms with E-state index in [4.69, 9.17) is 4.74 Å². The highest BCUT2D eigenvalue weighted by Crippen LogP contribution is 2.21. The molecule has 0 bridgehead atoms. The lowest BCUT2D eigenvalue weighted by molar-refractivity contribution is -0.148. The van der Waals surface area contributed by atoms with Gasteiger partial charge >= 0.3 is 5.97 Å². The summed E-state index contributed by atoms with van der Waals surface area (Å²) in [4.78, 5) is 10.9. The zero-order chi connectivity index (χ0) is 11.7. The van der Waals surface area contributed by atoms with Crippen LogP contribution in [0.4, 0.5) is 0 Å². The third-order valence-electron chi connectivity index (χ3n) is 2.10. The highest BCUT2D eigenvalue weighted by molar-refractivity contribution is 5.70. The van der Waals surface area contributed by atoms with Gasteiger partial charge < -0.3 is 9.47 Å². The average Bonchev–Trinajstić information content (AvgIpc) is 2.09. The topological polar surface area (TPSA) is 35.5 Å². The fourth-order valence-corrected chi connectivity index (χ4v) is 1.28. The van der Waals surface area contributed by atoms with Crippen molar-refractivity contribution in [1.82, 2.24) is 0 Å². The second kappa shape index (κ2) is 7.69. The number of carbonyl (C=O) groups excluding carboxylic acids is 1. The molecular formula is C12H24O3. The summed E-state index contributed by atoms with van der Waals surface area (Å²) in [6.45, 7) is 7.30. The van der Waals surface area contributed by atoms with Gasteiger partial charge in [0.25, 0.3) is 0 Å². The minimum atomic E-state index is -0.270. The lowest BCUT2D eigenvalue weighted by Crippen LogP contribution is -2.12. The highest BCUT2D eigenvalue weighted by Gasteiger charge is 2.08. The quantitative estimate of drug-likeness (QED) is 0.485. The fourth-order valence-electron chi connectivity index (χ4n) is 1.28. The van der Waals surface area contributed by atoms with Crippen LogP contribution in [0.5, 0.6) is 0 Å². The Kier molecular flexibility index (Phi) is 7.39. The Morgan fingerprint density at radius 3 is 2.33 bits per heavy atom. The molecule has 0 fully saturated rings. The van der Waals surface area contributed by atoms with Crippen molar-refractivity contribution in [2.24, 2.45) is 5.41 Å². The van der Waals surface area contributed by atoms with Crippen LogP contribution in [0.1, 0.15) is 46.5 Å². The summed E-state index contributed by atoms with van der Waals surface area (Å²) in [5.74, 6) is -0.270. The van der Waals surface area contributed by atoms with E-state index in [0.29, 0.717) is 12.0 Å². The van der Waals surface area contributed by atoms with Crippen molar-refractivity contribution >= 4 is 5.97 Å². The molecule has 0 heterocycles. The molecule has 0 saturated heterocycles. The zero-order valence-electron chi connectivity index (χ0n) is 10.5. The zero-order valence-corrected chi connectivity index (χ0v) is 10.5. The molecule has 0 N–H and O–H groups in total. The van der Waals surface area contributed by atoms with Crippen molar-refractivity contribution < 1.29 is 14.3 Å². The summed E-state index contributed by atoms with van der Waals surface area (Å²) >= 11 is 0. The van der Waals surface area contributed by atoms with Crippen LogP contribution in [0.25, 0.3) is 0 Å². The van der Waals surface area contributed by atoms with E-state index in [1.165, 1.54) is 20.0 Å². The molecule has 3 nitrogen and oxygen atoms in total. The van der Waals surface area contributed by atoms with Crippen LogP contribution in [0, 0.1) is 5.41 Å². The molecule has 0 aromatic carbocycles. The summed E-state index contributed by atoms with van der Waals surface area (Å²) < 4.78 is 9.60. The number of rotatable bonds is 7. The highest BCUT2D eigenvalue weighted by atomic mass is 16.6. The van der Waals surface area contributed by atoms with Gasteiger partial charge in [0.15, 0.2) is 0 Å². The van der Waals surface area contributed by atoms with E-state index < -0.39 is 0 Å². The Morgan fingerprint density at radius 1 is 1.13 bits per heavy atom. The summed E-state index contributed by atoms with van der Waals surface area (Å²) in [6.07, 6.45) is 4.49. The van der Waals surface area contributed by atoms with Gasteiger partial charge in [-0.15, -0.1) is 0 Å². The number of hydrogen-bond donors (Lipinski definition) is 0. The molecular weight excluding hydrogens is 192 g/mol. The molecule has 90 valence electrons. The monoisotopic (exact) mass is 216 g/mol. The molecule has 0 aromatic heterocycles. The minimum Gasteiger partial charge on any atom is -0.464 e. The van der Waals surface area contributed by atoms with Crippen molar-refractivity contribution in [1.29, 1.82) is 0 Å². The van der Waals surface area contributed by atoms with E-state index in [1.54, 1.807) is 0 Å². The van der Waals surface area contributed by atoms with Gasteiger partial charge in [0, 0.05) is 7.11 Å². The van der Waals surface area contributed by atoms with Crippen molar-refractivity contribution in [3.05, 3.63) is 0 Å². The number of carbonyl (C=O) groups is 1. The van der Waals surface area contributed by atoms with Gasteiger partial charge in [-0.3, -0.25) is 0 Å². The molecule has 0 aliphatic carbocycles. The largest absolute Gasteiger partial charge is 0.464 e. The fraction of sp³-hybridized carbons (Fsp3) is 0.917. The molecule has 0 rings (SSSR count). The Balaban J connectivity index is 3.22. The van der Waals surface area contributed by atoms with Gasteiger partial charge in [0.05, 0.1) is 6.61 Å². The molecule has 0 radical (unpaired) electrons. The third-order valence-corrected chi connectivity index (χ3v) is 2.10. The molecule has 0 aliphatic rings. The number of hydrogen-bond acceptors (Lipinski definition) is 3. The van der Waals surface area contributed by atoms with E-state index in [9.17, 15) is 4.79 Å². The second-order valence-electron chi connectivity index (χ2n) is 5.02. The Bertz CT molecular complexity index is 170. The smallest absolute Gasteiger partial charge is 0.332 e. The average molecular weight is 216 g/mol. The molecule has 0 spiro atoms. The standard InChI is InChI=1S/C12H24O3/c1-12(2,3)8-6-5-7-9-15-11(13)10-14-4/h5-10H2,1-4H3. The number of ether oxygens (including phenoxy) is 2. The SMILES string of the molecule is COCC(=O)OCCCCCC(C)(C)C. The summed E-state index contributed by atoms with van der Waals surface area (Å²) in [6, 6.07) is 0. The first-order chi connectivity index (χ1) is 6.95. The Morgan fingerprint density at radius 2 is 1.80 bits per heavy atom. The van der Waals surface area contributed by atoms with Crippen LogP contribution >= 0.6 is 0 Å². The first-order valence-corrected chi connectivity index (χ1v) is 5.60. The van der Waals surface area contributed by atoms with Crippen LogP contribution in [0.15, 0.2) is 0 Å². The van der Waals surface area contributed by atoms with Crippen molar-refractivity contribution in [3.8, 4) is 0 Å². The first-order valence-electron chi connectivity index (χ1n) is 5.60. The normalized spacial score (nSPS) is 11.5. The van der Waals surface area contributed by atoms with Gasteiger partial charge in [0.1, 0.15) is 6.61 Å². The molecule has 15 heavy (non-hydrogen) atoms. The van der Waals surface area contributed by atoms with Crippen molar-refractivity contribution in [3.63, 3.8) is 0 Å². The van der Waals surface area contributed by atoms with Crippen molar-refractivity contribution in [2.75, 3.05) is 20.3 Å². The number of esters is 1. The minimum absolute atomic E-state index is 0.0575. The summed E-state index contributed by atoms with van der Waals surface area (Å²) in [7, 11) is 1.49. The van der Waals surface area contributed by atoms with E-state index >= 15 is 0 Å². The van der Waals surface area contributed by atoms with Crippen LogP contribution in [0.3, 0.4) is 0 Å². The first kappa shape index (κ1) is 14.4. The number of methoxy groups -OCH3 is 1. The molecule has 0 amide bonds. The molecule has 3 heteroatoms. The van der Waals surface area contributed by atoms with Gasteiger partial charge in [-0.25, -0.2) is 4.79 Å². The van der Waals surface area contributed by atoms with E-state index in [1.807, 2.05) is 0 Å². The van der Waals surface area contributed by atoms with Crippen LogP contribution in [0.2, 0.25) is 0 Å². The van der Waals surface area contributed by atoms with Gasteiger partial charge in [0.2, 0.25) is 0 Å². The molecule has 0 aromatic rings. The third kappa shape index (κ3) is 11.4.